The minimum absolute atomic E-state index is 0.0955. The number of carbonyl (C=O) groups excluding carboxylic acids is 1. The molecule has 0 saturated heterocycles. The molecule has 0 heterocycles. The predicted octanol–water partition coefficient (Wildman–Crippen LogP) is 7.30. The minimum Gasteiger partial charge on any atom is -0.462 e. The first-order chi connectivity index (χ1) is 12.6. The summed E-state index contributed by atoms with van der Waals surface area (Å²) in [7, 11) is 0. The number of rotatable bonds is 10. The molecule has 2 rings (SSSR count). The van der Waals surface area contributed by atoms with Crippen LogP contribution >= 0.6 is 0 Å². The molecule has 0 amide bonds. The van der Waals surface area contributed by atoms with Crippen molar-refractivity contribution < 1.29 is 9.53 Å². The number of ether oxygens (including phenoxy) is 1. The van der Waals surface area contributed by atoms with Crippen LogP contribution in [-0.2, 0) is 9.53 Å². The van der Waals surface area contributed by atoms with Crippen molar-refractivity contribution >= 4 is 5.97 Å². The summed E-state index contributed by atoms with van der Waals surface area (Å²) < 4.78 is 5.75. The topological polar surface area (TPSA) is 26.3 Å². The van der Waals surface area contributed by atoms with Gasteiger partial charge < -0.3 is 4.74 Å². The molecule has 0 aromatic carbocycles. The van der Waals surface area contributed by atoms with Gasteiger partial charge in [0.1, 0.15) is 0 Å². The second kappa shape index (κ2) is 12.0. The van der Waals surface area contributed by atoms with Crippen LogP contribution < -0.4 is 0 Å². The average molecular weight is 365 g/mol. The normalized spacial score (nSPS) is 30.7. The largest absolute Gasteiger partial charge is 0.462 e. The van der Waals surface area contributed by atoms with E-state index in [0.717, 1.165) is 37.0 Å². The highest BCUT2D eigenvalue weighted by Gasteiger charge is 2.33. The maximum atomic E-state index is 12.5. The van der Waals surface area contributed by atoms with Gasteiger partial charge in [-0.05, 0) is 76.0 Å². The number of esters is 1. The standard InChI is InChI=1S/C24H44O2/c1-4-6-7-8-10-19(3)26-24(25)23-17-15-22(16-18-23)21-13-11-20(9-5-2)12-14-21/h19-23H,4-18H2,1-3H3/t19-,20?,21?,22?,23?/m0/s1. The number of hydrogen-bond acceptors (Lipinski definition) is 2. The van der Waals surface area contributed by atoms with Crippen molar-refractivity contribution in [1.82, 2.24) is 0 Å². The van der Waals surface area contributed by atoms with E-state index in [9.17, 15) is 4.79 Å². The zero-order chi connectivity index (χ0) is 18.8. The van der Waals surface area contributed by atoms with Crippen molar-refractivity contribution in [2.24, 2.45) is 23.7 Å². The fourth-order valence-corrected chi connectivity index (χ4v) is 5.39. The number of carbonyl (C=O) groups is 1. The van der Waals surface area contributed by atoms with Gasteiger partial charge in [-0.25, -0.2) is 0 Å². The van der Waals surface area contributed by atoms with E-state index in [-0.39, 0.29) is 18.0 Å². The van der Waals surface area contributed by atoms with Gasteiger partial charge in [0.05, 0.1) is 12.0 Å². The smallest absolute Gasteiger partial charge is 0.309 e. The average Bonchev–Trinajstić information content (AvgIpc) is 2.66. The van der Waals surface area contributed by atoms with Crippen LogP contribution in [0.15, 0.2) is 0 Å². The summed E-state index contributed by atoms with van der Waals surface area (Å²) in [5, 5.41) is 0. The molecule has 0 radical (unpaired) electrons. The third kappa shape index (κ3) is 7.24. The first kappa shape index (κ1) is 21.8. The van der Waals surface area contributed by atoms with E-state index >= 15 is 0 Å². The Bertz CT molecular complexity index is 376. The Hall–Kier alpha value is -0.530. The summed E-state index contributed by atoms with van der Waals surface area (Å²) in [6, 6.07) is 0. The van der Waals surface area contributed by atoms with Crippen molar-refractivity contribution in [2.45, 2.75) is 123 Å². The fourth-order valence-electron chi connectivity index (χ4n) is 5.39. The molecule has 2 fully saturated rings. The molecular weight excluding hydrogens is 320 g/mol. The maximum Gasteiger partial charge on any atom is 0.309 e. The first-order valence-corrected chi connectivity index (χ1v) is 11.8. The van der Waals surface area contributed by atoms with Crippen molar-refractivity contribution in [1.29, 1.82) is 0 Å². The molecule has 2 nitrogen and oxygen atoms in total. The SMILES string of the molecule is CCCCCC[C@H](C)OC(=O)C1CCC(C2CCC(CCC)CC2)CC1. The highest BCUT2D eigenvalue weighted by atomic mass is 16.5. The van der Waals surface area contributed by atoms with Crippen LogP contribution in [0.5, 0.6) is 0 Å². The van der Waals surface area contributed by atoms with Crippen LogP contribution in [0, 0.1) is 23.7 Å². The third-order valence-electron chi connectivity index (χ3n) is 7.14. The van der Waals surface area contributed by atoms with Crippen LogP contribution in [0.2, 0.25) is 0 Å². The van der Waals surface area contributed by atoms with Gasteiger partial charge in [0.25, 0.3) is 0 Å². The minimum atomic E-state index is 0.0955. The third-order valence-corrected chi connectivity index (χ3v) is 7.14. The molecule has 0 spiro atoms. The summed E-state index contributed by atoms with van der Waals surface area (Å²) in [5.41, 5.74) is 0. The Balaban J connectivity index is 1.62. The van der Waals surface area contributed by atoms with Crippen LogP contribution in [0.4, 0.5) is 0 Å². The van der Waals surface area contributed by atoms with E-state index in [0.29, 0.717) is 0 Å². The molecule has 26 heavy (non-hydrogen) atoms. The highest BCUT2D eigenvalue weighted by Crippen LogP contribution is 2.42. The lowest BCUT2D eigenvalue weighted by molar-refractivity contribution is -0.155. The van der Waals surface area contributed by atoms with Gasteiger partial charge in [0.2, 0.25) is 0 Å². The predicted molar refractivity (Wildman–Crippen MR) is 110 cm³/mol. The lowest BCUT2D eigenvalue weighted by atomic mass is 9.69. The number of unbranched alkanes of at least 4 members (excludes halogenated alkanes) is 3. The molecule has 0 unspecified atom stereocenters. The highest BCUT2D eigenvalue weighted by molar-refractivity contribution is 5.72. The second-order valence-electron chi connectivity index (χ2n) is 9.28. The Kier molecular flexibility index (Phi) is 10.1. The molecule has 2 saturated carbocycles. The molecule has 2 heteroatoms. The molecule has 0 bridgehead atoms. The van der Waals surface area contributed by atoms with Gasteiger partial charge in [-0.1, -0.05) is 58.8 Å². The Morgan fingerprint density at radius 1 is 0.846 bits per heavy atom. The van der Waals surface area contributed by atoms with Gasteiger partial charge in [-0.15, -0.1) is 0 Å². The van der Waals surface area contributed by atoms with Gasteiger partial charge in [-0.3, -0.25) is 4.79 Å². The molecule has 2 aliphatic rings. The molecule has 0 aliphatic heterocycles. The summed E-state index contributed by atoms with van der Waals surface area (Å²) >= 11 is 0. The van der Waals surface area contributed by atoms with Crippen molar-refractivity contribution in [2.75, 3.05) is 0 Å². The quantitative estimate of drug-likeness (QED) is 0.300. The Morgan fingerprint density at radius 3 is 2.04 bits per heavy atom. The molecule has 152 valence electrons. The van der Waals surface area contributed by atoms with E-state index in [1.54, 1.807) is 0 Å². The summed E-state index contributed by atoms with van der Waals surface area (Å²) in [6.07, 6.45) is 19.4. The first-order valence-electron chi connectivity index (χ1n) is 11.8. The van der Waals surface area contributed by atoms with Crippen LogP contribution in [-0.4, -0.2) is 12.1 Å². The zero-order valence-corrected chi connectivity index (χ0v) is 17.8. The Morgan fingerprint density at radius 2 is 1.46 bits per heavy atom. The van der Waals surface area contributed by atoms with Crippen molar-refractivity contribution in [3.05, 3.63) is 0 Å². The lowest BCUT2D eigenvalue weighted by Gasteiger charge is -2.37. The van der Waals surface area contributed by atoms with Crippen LogP contribution in [0.3, 0.4) is 0 Å². The molecule has 0 aromatic heterocycles. The summed E-state index contributed by atoms with van der Waals surface area (Å²) in [5.74, 6) is 3.10. The lowest BCUT2D eigenvalue weighted by Crippen LogP contribution is -2.30. The fraction of sp³-hybridized carbons (Fsp3) is 0.958. The summed E-state index contributed by atoms with van der Waals surface area (Å²) in [4.78, 5) is 12.5. The van der Waals surface area contributed by atoms with E-state index in [2.05, 4.69) is 20.8 Å². The molecule has 1 atom stereocenters. The van der Waals surface area contributed by atoms with Gasteiger partial charge in [0.15, 0.2) is 0 Å². The van der Waals surface area contributed by atoms with Gasteiger partial charge >= 0.3 is 5.97 Å². The van der Waals surface area contributed by atoms with E-state index in [4.69, 9.17) is 4.74 Å². The maximum absolute atomic E-state index is 12.5. The van der Waals surface area contributed by atoms with Crippen LogP contribution in [0.25, 0.3) is 0 Å². The van der Waals surface area contributed by atoms with Gasteiger partial charge in [0, 0.05) is 0 Å². The van der Waals surface area contributed by atoms with Gasteiger partial charge in [-0.2, -0.15) is 0 Å². The molecule has 0 aromatic rings. The van der Waals surface area contributed by atoms with E-state index < -0.39 is 0 Å². The molecule has 2 aliphatic carbocycles. The number of hydrogen-bond donors (Lipinski definition) is 0. The molecule has 0 N–H and O–H groups in total. The summed E-state index contributed by atoms with van der Waals surface area (Å²) in [6.45, 7) is 6.62. The monoisotopic (exact) mass is 364 g/mol. The van der Waals surface area contributed by atoms with E-state index in [1.165, 1.54) is 77.0 Å². The second-order valence-corrected chi connectivity index (χ2v) is 9.28. The van der Waals surface area contributed by atoms with Crippen molar-refractivity contribution in [3.63, 3.8) is 0 Å². The zero-order valence-electron chi connectivity index (χ0n) is 17.8. The Labute approximate surface area is 162 Å². The van der Waals surface area contributed by atoms with Crippen molar-refractivity contribution in [3.8, 4) is 0 Å². The van der Waals surface area contributed by atoms with E-state index in [1.807, 2.05) is 0 Å². The van der Waals surface area contributed by atoms with Crippen LogP contribution in [0.1, 0.15) is 117 Å². The molecular formula is C24H44O2.